The largest absolute Gasteiger partial charge is 0.480 e. The van der Waals surface area contributed by atoms with E-state index in [2.05, 4.69) is 0 Å². The normalized spacial score (nSPS) is 34.3. The van der Waals surface area contributed by atoms with Gasteiger partial charge in [-0.2, -0.15) is 0 Å². The number of rotatable bonds is 2. The number of aliphatic carboxylic acids is 1. The van der Waals surface area contributed by atoms with Gasteiger partial charge in [0.05, 0.1) is 0 Å². The number of hydrogen-bond donors (Lipinski definition) is 1. The first-order chi connectivity index (χ1) is 8.76. The molecule has 2 unspecified atom stereocenters. The number of likely N-dealkylation sites (tertiary alicyclic amines) is 1. The van der Waals surface area contributed by atoms with Crippen LogP contribution in [0.15, 0.2) is 0 Å². The van der Waals surface area contributed by atoms with Crippen molar-refractivity contribution in [3.05, 3.63) is 0 Å². The average molecular weight is 275 g/mol. The molecule has 2 aliphatic rings. The third-order valence-electron chi connectivity index (χ3n) is 4.36. The molecule has 0 radical (unpaired) electrons. The Morgan fingerprint density at radius 2 is 1.95 bits per heavy atom. The van der Waals surface area contributed by atoms with Crippen LogP contribution >= 0.6 is 0 Å². The van der Waals surface area contributed by atoms with Gasteiger partial charge in [-0.1, -0.05) is 0 Å². The summed E-state index contributed by atoms with van der Waals surface area (Å²) in [5, 5.41) is 9.25. The highest BCUT2D eigenvalue weighted by Crippen LogP contribution is 2.39. The molecule has 0 aromatic rings. The van der Waals surface area contributed by atoms with Gasteiger partial charge in [-0.3, -0.25) is 4.79 Å². The molecule has 6 heteroatoms. The van der Waals surface area contributed by atoms with Crippen LogP contribution in [0.4, 0.5) is 8.78 Å². The number of carbonyl (C=O) groups excluding carboxylic acids is 1. The minimum atomic E-state index is -2.79. The Morgan fingerprint density at radius 1 is 1.26 bits per heavy atom. The highest BCUT2D eigenvalue weighted by atomic mass is 19.3. The van der Waals surface area contributed by atoms with Crippen molar-refractivity contribution < 1.29 is 23.5 Å². The van der Waals surface area contributed by atoms with Gasteiger partial charge in [0.2, 0.25) is 11.8 Å². The third-order valence-corrected chi connectivity index (χ3v) is 4.36. The Labute approximate surface area is 110 Å². The predicted octanol–water partition coefficient (Wildman–Crippen LogP) is 2.28. The summed E-state index contributed by atoms with van der Waals surface area (Å²) < 4.78 is 26.7. The Bertz CT molecular complexity index is 399. The zero-order valence-electron chi connectivity index (χ0n) is 11.0. The third kappa shape index (κ3) is 2.58. The van der Waals surface area contributed by atoms with Crippen LogP contribution < -0.4 is 0 Å². The van der Waals surface area contributed by atoms with E-state index in [4.69, 9.17) is 0 Å². The van der Waals surface area contributed by atoms with E-state index in [-0.39, 0.29) is 6.42 Å². The number of amides is 1. The zero-order chi connectivity index (χ0) is 14.3. The number of alkyl halides is 2. The number of carbonyl (C=O) groups is 2. The first-order valence-corrected chi connectivity index (χ1v) is 6.69. The molecule has 1 heterocycles. The van der Waals surface area contributed by atoms with Crippen molar-refractivity contribution in [3.8, 4) is 0 Å². The maximum absolute atomic E-state index is 13.4. The van der Waals surface area contributed by atoms with Crippen molar-refractivity contribution >= 4 is 11.9 Å². The minimum absolute atomic E-state index is 0.174. The smallest absolute Gasteiger partial charge is 0.329 e. The molecule has 0 spiro atoms. The van der Waals surface area contributed by atoms with E-state index in [1.165, 1.54) is 11.8 Å². The molecule has 1 saturated heterocycles. The second-order valence-electron chi connectivity index (χ2n) is 5.82. The van der Waals surface area contributed by atoms with Gasteiger partial charge in [0.25, 0.3) is 0 Å². The monoisotopic (exact) mass is 275 g/mol. The SMILES string of the molecule is CC1(C(=O)O)CCCN1C(=O)C1CCCC(F)(F)C1. The molecule has 0 aromatic heterocycles. The van der Waals surface area contributed by atoms with Crippen molar-refractivity contribution in [2.45, 2.75) is 56.9 Å². The molecule has 1 saturated carbocycles. The molecular weight excluding hydrogens is 256 g/mol. The molecule has 1 N–H and O–H groups in total. The van der Waals surface area contributed by atoms with E-state index in [1.807, 2.05) is 0 Å². The van der Waals surface area contributed by atoms with Gasteiger partial charge in [0.1, 0.15) is 5.54 Å². The van der Waals surface area contributed by atoms with Crippen molar-refractivity contribution in [2.75, 3.05) is 6.54 Å². The van der Waals surface area contributed by atoms with Gasteiger partial charge < -0.3 is 10.0 Å². The first kappa shape index (κ1) is 14.2. The molecule has 0 bridgehead atoms. The Hall–Kier alpha value is -1.20. The molecule has 0 aromatic carbocycles. The second-order valence-corrected chi connectivity index (χ2v) is 5.82. The lowest BCUT2D eigenvalue weighted by molar-refractivity contribution is -0.159. The van der Waals surface area contributed by atoms with E-state index < -0.39 is 35.7 Å². The van der Waals surface area contributed by atoms with Gasteiger partial charge in [-0.25, -0.2) is 13.6 Å². The zero-order valence-corrected chi connectivity index (χ0v) is 11.0. The maximum Gasteiger partial charge on any atom is 0.329 e. The summed E-state index contributed by atoms with van der Waals surface area (Å²) in [6, 6.07) is 0. The van der Waals surface area contributed by atoms with Crippen LogP contribution in [0.2, 0.25) is 0 Å². The number of carboxylic acid groups (broad SMARTS) is 1. The maximum atomic E-state index is 13.4. The van der Waals surface area contributed by atoms with Gasteiger partial charge in [0.15, 0.2) is 0 Å². The van der Waals surface area contributed by atoms with Crippen LogP contribution in [-0.4, -0.2) is 39.9 Å². The number of nitrogens with zero attached hydrogens (tertiary/aromatic N) is 1. The lowest BCUT2D eigenvalue weighted by atomic mass is 9.84. The molecule has 1 aliphatic heterocycles. The standard InChI is InChI=1S/C13H19F2NO3/c1-12(11(18)19)5-3-7-16(12)10(17)9-4-2-6-13(14,15)8-9/h9H,2-8H2,1H3,(H,18,19). The van der Waals surface area contributed by atoms with E-state index in [1.54, 1.807) is 0 Å². The molecule has 2 atom stereocenters. The summed E-state index contributed by atoms with van der Waals surface area (Å²) in [4.78, 5) is 24.9. The molecule has 108 valence electrons. The van der Waals surface area contributed by atoms with Crippen LogP contribution in [0.25, 0.3) is 0 Å². The van der Waals surface area contributed by atoms with Gasteiger partial charge in [-0.05, 0) is 32.6 Å². The Balaban J connectivity index is 2.13. The molecule has 1 aliphatic carbocycles. The number of carboxylic acids is 1. The van der Waals surface area contributed by atoms with Crippen LogP contribution in [-0.2, 0) is 9.59 Å². The highest BCUT2D eigenvalue weighted by Gasteiger charge is 2.49. The average Bonchev–Trinajstić information content (AvgIpc) is 2.70. The number of halogens is 2. The van der Waals surface area contributed by atoms with Gasteiger partial charge in [-0.15, -0.1) is 0 Å². The fraction of sp³-hybridized carbons (Fsp3) is 0.846. The fourth-order valence-corrected chi connectivity index (χ4v) is 3.14. The summed E-state index contributed by atoms with van der Waals surface area (Å²) in [7, 11) is 0. The molecule has 2 rings (SSSR count). The first-order valence-electron chi connectivity index (χ1n) is 6.69. The summed E-state index contributed by atoms with van der Waals surface area (Å²) in [5.41, 5.74) is -1.23. The Morgan fingerprint density at radius 3 is 2.53 bits per heavy atom. The van der Waals surface area contributed by atoms with Crippen LogP contribution in [0.5, 0.6) is 0 Å². The van der Waals surface area contributed by atoms with Crippen molar-refractivity contribution in [1.29, 1.82) is 0 Å². The van der Waals surface area contributed by atoms with Crippen molar-refractivity contribution in [1.82, 2.24) is 4.90 Å². The summed E-state index contributed by atoms with van der Waals surface area (Å²) in [5.74, 6) is -5.00. The Kier molecular flexibility index (Phi) is 3.53. The summed E-state index contributed by atoms with van der Waals surface area (Å²) in [6.45, 7) is 1.85. The topological polar surface area (TPSA) is 57.6 Å². The molecule has 19 heavy (non-hydrogen) atoms. The summed E-state index contributed by atoms with van der Waals surface area (Å²) in [6.07, 6.45) is 1.13. The molecule has 4 nitrogen and oxygen atoms in total. The van der Waals surface area contributed by atoms with E-state index in [0.717, 1.165) is 0 Å². The van der Waals surface area contributed by atoms with Crippen LogP contribution in [0.3, 0.4) is 0 Å². The van der Waals surface area contributed by atoms with E-state index in [0.29, 0.717) is 32.2 Å². The van der Waals surface area contributed by atoms with Crippen LogP contribution in [0.1, 0.15) is 45.4 Å². The van der Waals surface area contributed by atoms with Crippen molar-refractivity contribution in [2.24, 2.45) is 5.92 Å². The molecular formula is C13H19F2NO3. The second kappa shape index (κ2) is 4.72. The van der Waals surface area contributed by atoms with Gasteiger partial charge >= 0.3 is 5.97 Å². The molecule has 2 fully saturated rings. The van der Waals surface area contributed by atoms with E-state index >= 15 is 0 Å². The minimum Gasteiger partial charge on any atom is -0.480 e. The fourth-order valence-electron chi connectivity index (χ4n) is 3.14. The van der Waals surface area contributed by atoms with Gasteiger partial charge in [0, 0.05) is 25.3 Å². The lowest BCUT2D eigenvalue weighted by Crippen LogP contribution is -2.53. The quantitative estimate of drug-likeness (QED) is 0.841. The highest BCUT2D eigenvalue weighted by molar-refractivity contribution is 5.88. The number of hydrogen-bond acceptors (Lipinski definition) is 2. The van der Waals surface area contributed by atoms with E-state index in [9.17, 15) is 23.5 Å². The summed E-state index contributed by atoms with van der Waals surface area (Å²) >= 11 is 0. The predicted molar refractivity (Wildman–Crippen MR) is 63.9 cm³/mol. The van der Waals surface area contributed by atoms with Crippen LogP contribution in [0, 0.1) is 5.92 Å². The lowest BCUT2D eigenvalue weighted by Gasteiger charge is -2.36. The molecule has 1 amide bonds. The van der Waals surface area contributed by atoms with Crippen molar-refractivity contribution in [3.63, 3.8) is 0 Å².